The van der Waals surface area contributed by atoms with Crippen LogP contribution in [0.2, 0.25) is 0 Å². The normalized spacial score (nSPS) is 14.2. The first-order chi connectivity index (χ1) is 14.3. The third kappa shape index (κ3) is 3.82. The maximum atomic E-state index is 12.7. The number of fused-ring (bicyclic) bond motifs is 2. The molecule has 2 heterocycles. The van der Waals surface area contributed by atoms with Gasteiger partial charge in [0.25, 0.3) is 11.8 Å². The number of amides is 2. The van der Waals surface area contributed by atoms with Crippen LogP contribution in [0, 0.1) is 6.92 Å². The number of hydrogen-bond donors (Lipinski definition) is 2. The zero-order chi connectivity index (χ0) is 21.4. The fourth-order valence-electron chi connectivity index (χ4n) is 3.76. The molecule has 0 saturated heterocycles. The number of ether oxygens (including phenoxy) is 1. The first kappa shape index (κ1) is 20.2. The second-order valence-electron chi connectivity index (χ2n) is 7.44. The molecule has 3 aromatic rings. The topological polar surface area (TPSA) is 112 Å². The molecule has 1 aliphatic rings. The highest BCUT2D eigenvalue weighted by Gasteiger charge is 2.26. The molecule has 0 bridgehead atoms. The summed E-state index contributed by atoms with van der Waals surface area (Å²) in [4.78, 5) is 37.4. The van der Waals surface area contributed by atoms with E-state index < -0.39 is 17.6 Å². The minimum absolute atomic E-state index is 0.387. The number of aryl methyl sites for hydroxylation is 2. The number of rotatable bonds is 5. The zero-order valence-corrected chi connectivity index (χ0v) is 17.6. The number of nitrogens with one attached hydrogen (secondary N) is 1. The van der Waals surface area contributed by atoms with Crippen molar-refractivity contribution in [2.45, 2.75) is 45.6 Å². The summed E-state index contributed by atoms with van der Waals surface area (Å²) in [5.74, 6) is -0.514. The summed E-state index contributed by atoms with van der Waals surface area (Å²) < 4.78 is 11.0. The predicted octanol–water partition coefficient (Wildman–Crippen LogP) is 3.55. The number of thiophene rings is 1. The maximum absolute atomic E-state index is 12.7. The number of anilines is 1. The van der Waals surface area contributed by atoms with Gasteiger partial charge in [0.1, 0.15) is 16.3 Å². The van der Waals surface area contributed by atoms with Crippen molar-refractivity contribution in [3.63, 3.8) is 0 Å². The van der Waals surface area contributed by atoms with E-state index in [2.05, 4.69) is 5.32 Å². The quantitative estimate of drug-likeness (QED) is 0.606. The third-order valence-electron chi connectivity index (χ3n) is 5.26. The minimum atomic E-state index is -0.834. The maximum Gasteiger partial charge on any atom is 0.336 e. The molecule has 1 aliphatic carbocycles. The summed E-state index contributed by atoms with van der Waals surface area (Å²) in [7, 11) is 0. The van der Waals surface area contributed by atoms with Crippen molar-refractivity contribution >= 4 is 39.1 Å². The van der Waals surface area contributed by atoms with E-state index in [0.717, 1.165) is 47.1 Å². The summed E-state index contributed by atoms with van der Waals surface area (Å²) in [5.41, 5.74) is 7.72. The number of carbonyl (C=O) groups excluding carboxylic acids is 2. The molecule has 7 nitrogen and oxygen atoms in total. The van der Waals surface area contributed by atoms with Crippen LogP contribution in [0.3, 0.4) is 0 Å². The number of benzene rings is 1. The molecule has 0 radical (unpaired) electrons. The van der Waals surface area contributed by atoms with E-state index in [4.69, 9.17) is 14.9 Å². The summed E-state index contributed by atoms with van der Waals surface area (Å²) in [6.07, 6.45) is 2.93. The molecule has 156 valence electrons. The van der Waals surface area contributed by atoms with Crippen molar-refractivity contribution < 1.29 is 18.7 Å². The highest BCUT2D eigenvalue weighted by molar-refractivity contribution is 7.17. The zero-order valence-electron chi connectivity index (χ0n) is 16.7. The molecular weight excluding hydrogens is 404 g/mol. The van der Waals surface area contributed by atoms with Gasteiger partial charge in [-0.05, 0) is 62.8 Å². The highest BCUT2D eigenvalue weighted by Crippen LogP contribution is 2.38. The van der Waals surface area contributed by atoms with Crippen molar-refractivity contribution in [2.24, 2.45) is 5.73 Å². The van der Waals surface area contributed by atoms with Gasteiger partial charge in [0, 0.05) is 22.4 Å². The molecule has 0 aliphatic heterocycles. The van der Waals surface area contributed by atoms with Crippen LogP contribution in [-0.4, -0.2) is 17.9 Å². The Morgan fingerprint density at radius 2 is 2.00 bits per heavy atom. The van der Waals surface area contributed by atoms with Gasteiger partial charge < -0.3 is 20.2 Å². The summed E-state index contributed by atoms with van der Waals surface area (Å²) in [6, 6.07) is 6.52. The van der Waals surface area contributed by atoms with Gasteiger partial charge in [-0.15, -0.1) is 11.3 Å². The molecule has 0 fully saturated rings. The summed E-state index contributed by atoms with van der Waals surface area (Å²) in [5, 5.41) is 4.09. The second-order valence-corrected chi connectivity index (χ2v) is 8.54. The Bertz CT molecular complexity index is 1210. The molecule has 2 aromatic heterocycles. The fraction of sp³-hybridized carbons (Fsp3) is 0.318. The van der Waals surface area contributed by atoms with Crippen molar-refractivity contribution in [1.82, 2.24) is 0 Å². The average molecular weight is 426 g/mol. The van der Waals surface area contributed by atoms with Crippen LogP contribution in [0.1, 0.15) is 46.1 Å². The Labute approximate surface area is 176 Å². The van der Waals surface area contributed by atoms with Crippen LogP contribution in [-0.2, 0) is 17.6 Å². The van der Waals surface area contributed by atoms with Crippen LogP contribution < -0.4 is 21.4 Å². The van der Waals surface area contributed by atoms with Gasteiger partial charge in [-0.2, -0.15) is 0 Å². The summed E-state index contributed by atoms with van der Waals surface area (Å²) in [6.45, 7) is 3.44. The lowest BCUT2D eigenvalue weighted by Gasteiger charge is -2.15. The van der Waals surface area contributed by atoms with E-state index in [1.165, 1.54) is 17.4 Å². The molecule has 4 rings (SSSR count). The fourth-order valence-corrected chi connectivity index (χ4v) is 5.06. The van der Waals surface area contributed by atoms with Crippen LogP contribution in [0.15, 0.2) is 33.5 Å². The number of nitrogens with two attached hydrogens (primary N) is 1. The Hall–Kier alpha value is -3.13. The number of hydrogen-bond acceptors (Lipinski definition) is 6. The van der Waals surface area contributed by atoms with Gasteiger partial charge in [-0.3, -0.25) is 9.59 Å². The number of primary amides is 1. The Kier molecular flexibility index (Phi) is 5.34. The molecule has 30 heavy (non-hydrogen) atoms. The molecule has 1 atom stereocenters. The lowest BCUT2D eigenvalue weighted by Crippen LogP contribution is -2.30. The Morgan fingerprint density at radius 3 is 2.77 bits per heavy atom. The molecule has 0 unspecified atom stereocenters. The predicted molar refractivity (Wildman–Crippen MR) is 115 cm³/mol. The molecule has 8 heteroatoms. The molecule has 0 saturated carbocycles. The largest absolute Gasteiger partial charge is 0.481 e. The monoisotopic (exact) mass is 426 g/mol. The van der Waals surface area contributed by atoms with Crippen molar-refractivity contribution in [3.05, 3.63) is 56.3 Å². The molecule has 1 aromatic carbocycles. The summed E-state index contributed by atoms with van der Waals surface area (Å²) >= 11 is 1.41. The van der Waals surface area contributed by atoms with E-state index >= 15 is 0 Å². The minimum Gasteiger partial charge on any atom is -0.481 e. The highest BCUT2D eigenvalue weighted by atomic mass is 32.1. The van der Waals surface area contributed by atoms with Gasteiger partial charge >= 0.3 is 5.63 Å². The lowest BCUT2D eigenvalue weighted by molar-refractivity contribution is -0.122. The van der Waals surface area contributed by atoms with Gasteiger partial charge in [-0.1, -0.05) is 0 Å². The average Bonchev–Trinajstić information content (AvgIpc) is 3.05. The van der Waals surface area contributed by atoms with Gasteiger partial charge in [0.05, 0.1) is 5.56 Å². The molecule has 2 amide bonds. The van der Waals surface area contributed by atoms with Crippen LogP contribution in [0.25, 0.3) is 11.0 Å². The van der Waals surface area contributed by atoms with Gasteiger partial charge in [0.15, 0.2) is 6.10 Å². The van der Waals surface area contributed by atoms with Crippen molar-refractivity contribution in [2.75, 3.05) is 5.32 Å². The first-order valence-corrected chi connectivity index (χ1v) is 10.6. The smallest absolute Gasteiger partial charge is 0.336 e. The number of carbonyl (C=O) groups is 2. The standard InChI is InChI=1S/C22H22N2O5S/c1-11-9-18(25)29-16-10-13(7-8-14(11)16)28-12(2)21(27)24-22-19(20(23)26)15-5-3-4-6-17(15)30-22/h7-10,12H,3-6H2,1-2H3,(H2,23,26)(H,24,27)/t12-/m1/s1. The van der Waals surface area contributed by atoms with E-state index in [-0.39, 0.29) is 5.91 Å². The van der Waals surface area contributed by atoms with Gasteiger partial charge in [-0.25, -0.2) is 4.79 Å². The Balaban J connectivity index is 1.54. The third-order valence-corrected chi connectivity index (χ3v) is 6.47. The molecule has 3 N–H and O–H groups in total. The van der Waals surface area contributed by atoms with Crippen LogP contribution >= 0.6 is 11.3 Å². The lowest BCUT2D eigenvalue weighted by atomic mass is 9.95. The van der Waals surface area contributed by atoms with Crippen LogP contribution in [0.5, 0.6) is 5.75 Å². The Morgan fingerprint density at radius 1 is 1.23 bits per heavy atom. The van der Waals surface area contributed by atoms with Gasteiger partial charge in [0.2, 0.25) is 0 Å². The molecule has 0 spiro atoms. The van der Waals surface area contributed by atoms with E-state index in [9.17, 15) is 14.4 Å². The van der Waals surface area contributed by atoms with Crippen molar-refractivity contribution in [1.29, 1.82) is 0 Å². The SMILES string of the molecule is Cc1cc(=O)oc2cc(O[C@H](C)C(=O)Nc3sc4c(c3C(N)=O)CCCC4)ccc12. The second kappa shape index (κ2) is 7.95. The molecular formula is C22H22N2O5S. The van der Waals surface area contributed by atoms with Crippen LogP contribution in [0.4, 0.5) is 5.00 Å². The van der Waals surface area contributed by atoms with E-state index in [1.54, 1.807) is 25.1 Å². The van der Waals surface area contributed by atoms with Crippen molar-refractivity contribution in [3.8, 4) is 5.75 Å². The van der Waals surface area contributed by atoms with E-state index in [1.807, 2.05) is 6.92 Å². The van der Waals surface area contributed by atoms with E-state index in [0.29, 0.717) is 21.9 Å². The first-order valence-electron chi connectivity index (χ1n) is 9.80.